The van der Waals surface area contributed by atoms with Gasteiger partial charge in [0.15, 0.2) is 0 Å². The van der Waals surface area contributed by atoms with Gasteiger partial charge in [-0.2, -0.15) is 4.68 Å². The minimum atomic E-state index is -0.621. The summed E-state index contributed by atoms with van der Waals surface area (Å²) in [6.07, 6.45) is 1.40. The summed E-state index contributed by atoms with van der Waals surface area (Å²) in [5, 5.41) is 23.2. The predicted molar refractivity (Wildman–Crippen MR) is 136 cm³/mol. The van der Waals surface area contributed by atoms with E-state index in [9.17, 15) is 24.5 Å². The number of imide groups is 1. The van der Waals surface area contributed by atoms with Crippen LogP contribution in [-0.4, -0.2) is 84.8 Å². The van der Waals surface area contributed by atoms with Crippen LogP contribution in [0.25, 0.3) is 11.8 Å². The van der Waals surface area contributed by atoms with Crippen LogP contribution in [0, 0.1) is 10.1 Å². The second kappa shape index (κ2) is 11.1. The number of amides is 3. The van der Waals surface area contributed by atoms with Gasteiger partial charge in [-0.05, 0) is 63.8 Å². The first kappa shape index (κ1) is 25.6. The highest BCUT2D eigenvalue weighted by atomic mass is 32.2. The maximum Gasteiger partial charge on any atom is 0.294 e. The molecule has 3 aromatic rings. The normalized spacial score (nSPS) is 16.9. The van der Waals surface area contributed by atoms with Crippen molar-refractivity contribution in [1.29, 1.82) is 0 Å². The first-order valence-corrected chi connectivity index (χ1v) is 12.9. The fourth-order valence-corrected chi connectivity index (χ4v) is 5.48. The topological polar surface area (TPSA) is 154 Å². The predicted octanol–water partition coefficient (Wildman–Crippen LogP) is 2.62. The molecule has 0 saturated carbocycles. The average molecular weight is 554 g/mol. The van der Waals surface area contributed by atoms with Crippen LogP contribution in [0.3, 0.4) is 0 Å². The van der Waals surface area contributed by atoms with Gasteiger partial charge in [0.1, 0.15) is 6.54 Å². The van der Waals surface area contributed by atoms with E-state index in [4.69, 9.17) is 4.74 Å². The van der Waals surface area contributed by atoms with Gasteiger partial charge in [0.25, 0.3) is 16.8 Å². The molecular formula is C23H19N7O6S2. The number of thioether (sulfide) groups is 1. The van der Waals surface area contributed by atoms with Crippen LogP contribution in [-0.2, 0) is 14.3 Å². The number of para-hydroxylation sites is 1. The minimum Gasteiger partial charge on any atom is -0.378 e. The summed E-state index contributed by atoms with van der Waals surface area (Å²) in [5.41, 5.74) is 0.837. The number of benzene rings is 2. The van der Waals surface area contributed by atoms with Crippen molar-refractivity contribution in [2.24, 2.45) is 0 Å². The highest BCUT2D eigenvalue weighted by Gasteiger charge is 2.37. The lowest BCUT2D eigenvalue weighted by Crippen LogP contribution is -2.46. The summed E-state index contributed by atoms with van der Waals surface area (Å²) in [4.78, 5) is 52.0. The molecule has 2 fully saturated rings. The number of carbonyl (C=O) groups excluding carboxylic acids is 3. The molecule has 2 aliphatic rings. The Morgan fingerprint density at radius 1 is 1.16 bits per heavy atom. The molecule has 2 aromatic carbocycles. The van der Waals surface area contributed by atoms with Crippen molar-refractivity contribution in [1.82, 2.24) is 30.0 Å². The first-order valence-electron chi connectivity index (χ1n) is 11.3. The van der Waals surface area contributed by atoms with Crippen molar-refractivity contribution in [3.63, 3.8) is 0 Å². The number of ether oxygens (including phenoxy) is 1. The Morgan fingerprint density at radius 2 is 1.92 bits per heavy atom. The Morgan fingerprint density at radius 3 is 2.66 bits per heavy atom. The Labute approximate surface area is 223 Å². The minimum absolute atomic E-state index is 0.0764. The van der Waals surface area contributed by atoms with Gasteiger partial charge in [-0.1, -0.05) is 24.3 Å². The van der Waals surface area contributed by atoms with Crippen LogP contribution in [0.15, 0.2) is 63.5 Å². The third-order valence-corrected chi connectivity index (χ3v) is 7.56. The summed E-state index contributed by atoms with van der Waals surface area (Å²) in [7, 11) is 0. The quantitative estimate of drug-likeness (QED) is 0.241. The van der Waals surface area contributed by atoms with Gasteiger partial charge in [-0.15, -0.1) is 5.10 Å². The molecule has 0 N–H and O–H groups in total. The molecule has 38 heavy (non-hydrogen) atoms. The van der Waals surface area contributed by atoms with E-state index in [1.165, 1.54) is 22.9 Å². The fourth-order valence-electron chi connectivity index (χ4n) is 3.76. The number of nitro groups is 1. The molecule has 3 amide bonds. The van der Waals surface area contributed by atoms with Crippen molar-refractivity contribution >= 4 is 52.3 Å². The molecule has 13 nitrogen and oxygen atoms in total. The Kier molecular flexibility index (Phi) is 7.48. The van der Waals surface area contributed by atoms with Gasteiger partial charge in [0.05, 0.1) is 33.6 Å². The van der Waals surface area contributed by atoms with Crippen LogP contribution < -0.4 is 0 Å². The molecule has 194 valence electrons. The van der Waals surface area contributed by atoms with Crippen molar-refractivity contribution in [3.05, 3.63) is 69.1 Å². The van der Waals surface area contributed by atoms with E-state index in [1.807, 2.05) is 18.2 Å². The van der Waals surface area contributed by atoms with Crippen LogP contribution in [0.1, 0.15) is 5.56 Å². The number of hydrogen-bond acceptors (Lipinski definition) is 11. The second-order valence-electron chi connectivity index (χ2n) is 8.06. The molecule has 0 aliphatic carbocycles. The van der Waals surface area contributed by atoms with Gasteiger partial charge < -0.3 is 9.64 Å². The molecule has 5 rings (SSSR count). The SMILES string of the molecule is O=C(CN1C(=O)S/C(=C\c2ccc(Sc3nnnn3-c3ccccc3)c([N+](=O)[O-])c2)C1=O)N1CCOCC1. The number of nitro benzene ring substituents is 1. The number of carbonyl (C=O) groups is 3. The lowest BCUT2D eigenvalue weighted by Gasteiger charge is -2.28. The third-order valence-electron chi connectivity index (χ3n) is 5.65. The number of aromatic nitrogens is 4. The molecule has 2 aliphatic heterocycles. The molecule has 0 spiro atoms. The number of tetrazole rings is 1. The second-order valence-corrected chi connectivity index (χ2v) is 10.1. The summed E-state index contributed by atoms with van der Waals surface area (Å²) in [6, 6.07) is 13.5. The van der Waals surface area contributed by atoms with E-state index < -0.39 is 16.1 Å². The number of morpholine rings is 1. The number of hydrogen-bond donors (Lipinski definition) is 0. The van der Waals surface area contributed by atoms with Crippen molar-refractivity contribution < 1.29 is 24.0 Å². The van der Waals surface area contributed by atoms with E-state index in [-0.39, 0.29) is 23.0 Å². The first-order chi connectivity index (χ1) is 18.4. The van der Waals surface area contributed by atoms with Crippen molar-refractivity contribution in [2.75, 3.05) is 32.8 Å². The highest BCUT2D eigenvalue weighted by molar-refractivity contribution is 8.18. The molecule has 0 bridgehead atoms. The Bertz CT molecular complexity index is 1440. The van der Waals surface area contributed by atoms with Gasteiger partial charge >= 0.3 is 0 Å². The molecule has 0 unspecified atom stereocenters. The maximum absolute atomic E-state index is 12.9. The average Bonchev–Trinajstić information content (AvgIpc) is 3.50. The van der Waals surface area contributed by atoms with E-state index in [1.54, 1.807) is 23.1 Å². The van der Waals surface area contributed by atoms with Crippen molar-refractivity contribution in [3.8, 4) is 5.69 Å². The highest BCUT2D eigenvalue weighted by Crippen LogP contribution is 2.37. The largest absolute Gasteiger partial charge is 0.378 e. The summed E-state index contributed by atoms with van der Waals surface area (Å²) < 4.78 is 6.69. The van der Waals surface area contributed by atoms with Crippen LogP contribution in [0.5, 0.6) is 0 Å². The van der Waals surface area contributed by atoms with E-state index in [0.717, 1.165) is 16.7 Å². The Hall–Kier alpha value is -4.08. The Balaban J connectivity index is 1.35. The van der Waals surface area contributed by atoms with Gasteiger partial charge in [-0.3, -0.25) is 29.4 Å². The monoisotopic (exact) mass is 553 g/mol. The van der Waals surface area contributed by atoms with Gasteiger partial charge in [0.2, 0.25) is 11.1 Å². The van der Waals surface area contributed by atoms with Crippen LogP contribution in [0.2, 0.25) is 0 Å². The van der Waals surface area contributed by atoms with Gasteiger partial charge in [-0.25, -0.2) is 0 Å². The number of nitrogens with zero attached hydrogens (tertiary/aromatic N) is 7. The van der Waals surface area contributed by atoms with Crippen LogP contribution in [0.4, 0.5) is 10.5 Å². The van der Waals surface area contributed by atoms with E-state index >= 15 is 0 Å². The lowest BCUT2D eigenvalue weighted by molar-refractivity contribution is -0.387. The molecule has 1 aromatic heterocycles. The fraction of sp³-hybridized carbons (Fsp3) is 0.217. The molecule has 0 radical (unpaired) electrons. The zero-order chi connectivity index (χ0) is 26.6. The molecule has 0 atom stereocenters. The smallest absolute Gasteiger partial charge is 0.294 e. The lowest BCUT2D eigenvalue weighted by atomic mass is 10.2. The summed E-state index contributed by atoms with van der Waals surface area (Å²) >= 11 is 1.71. The third kappa shape index (κ3) is 5.44. The van der Waals surface area contributed by atoms with E-state index in [0.29, 0.717) is 59.4 Å². The summed E-state index contributed by atoms with van der Waals surface area (Å²) in [5.74, 6) is -0.962. The molecule has 15 heteroatoms. The molecular weight excluding hydrogens is 534 g/mol. The van der Waals surface area contributed by atoms with Crippen LogP contribution >= 0.6 is 23.5 Å². The molecule has 3 heterocycles. The number of rotatable bonds is 7. The summed E-state index contributed by atoms with van der Waals surface area (Å²) in [6.45, 7) is 1.24. The zero-order valence-corrected chi connectivity index (χ0v) is 21.3. The van der Waals surface area contributed by atoms with Gasteiger partial charge in [0, 0.05) is 19.2 Å². The van der Waals surface area contributed by atoms with Crippen molar-refractivity contribution in [2.45, 2.75) is 10.1 Å². The molecule has 2 saturated heterocycles. The van der Waals surface area contributed by atoms with E-state index in [2.05, 4.69) is 15.5 Å². The standard InChI is InChI=1S/C23H19N7O6S2/c31-20(27-8-10-36-11-9-27)14-28-21(32)19(38-23(28)33)13-15-6-7-18(17(12-15)30(34)35)37-22-24-25-26-29(22)16-4-2-1-3-5-16/h1-7,12-13H,8-11,14H2/b19-13-. The maximum atomic E-state index is 12.9. The zero-order valence-electron chi connectivity index (χ0n) is 19.6.